The zero-order valence-electron chi connectivity index (χ0n) is 12.3. The summed E-state index contributed by atoms with van der Waals surface area (Å²) in [6.07, 6.45) is 2.13. The van der Waals surface area contributed by atoms with Gasteiger partial charge in [-0.15, -0.1) is 0 Å². The SMILES string of the molecule is CC[N+](CC)(CC)CCCc1ccc([N+](=O)[O-])cc1. The lowest BCUT2D eigenvalue weighted by molar-refractivity contribution is -0.923. The van der Waals surface area contributed by atoms with Gasteiger partial charge in [-0.2, -0.15) is 0 Å². The van der Waals surface area contributed by atoms with E-state index in [4.69, 9.17) is 0 Å². The molecule has 4 nitrogen and oxygen atoms in total. The molecule has 0 aliphatic rings. The summed E-state index contributed by atoms with van der Waals surface area (Å²) in [6, 6.07) is 6.93. The van der Waals surface area contributed by atoms with Crippen LogP contribution >= 0.6 is 0 Å². The quantitative estimate of drug-likeness (QED) is 0.411. The van der Waals surface area contributed by atoms with Crippen LogP contribution in [0, 0.1) is 10.1 Å². The Bertz CT molecular complexity index is 389. The van der Waals surface area contributed by atoms with E-state index in [9.17, 15) is 10.1 Å². The average molecular weight is 265 g/mol. The molecule has 106 valence electrons. The summed E-state index contributed by atoms with van der Waals surface area (Å²) >= 11 is 0. The van der Waals surface area contributed by atoms with Gasteiger partial charge in [0, 0.05) is 18.6 Å². The second kappa shape index (κ2) is 7.24. The summed E-state index contributed by atoms with van der Waals surface area (Å²) in [5, 5.41) is 10.6. The third-order valence-corrected chi connectivity index (χ3v) is 4.26. The highest BCUT2D eigenvalue weighted by Crippen LogP contribution is 2.14. The van der Waals surface area contributed by atoms with Crippen LogP contribution in [0.5, 0.6) is 0 Å². The number of quaternary nitrogens is 1. The molecule has 0 aliphatic carbocycles. The van der Waals surface area contributed by atoms with Gasteiger partial charge in [0.1, 0.15) is 0 Å². The molecule has 0 bridgehead atoms. The Morgan fingerprint density at radius 1 is 1.05 bits per heavy atom. The van der Waals surface area contributed by atoms with Gasteiger partial charge in [-0.3, -0.25) is 10.1 Å². The Kier molecular flexibility index (Phi) is 5.96. The van der Waals surface area contributed by atoms with Crippen LogP contribution in [0.1, 0.15) is 32.8 Å². The zero-order chi connectivity index (χ0) is 14.3. The van der Waals surface area contributed by atoms with Gasteiger partial charge in [0.05, 0.1) is 31.1 Å². The number of aryl methyl sites for hydroxylation is 1. The fourth-order valence-corrected chi connectivity index (χ4v) is 2.55. The van der Waals surface area contributed by atoms with Gasteiger partial charge >= 0.3 is 0 Å². The van der Waals surface area contributed by atoms with Crippen molar-refractivity contribution in [2.24, 2.45) is 0 Å². The van der Waals surface area contributed by atoms with Crippen molar-refractivity contribution < 1.29 is 9.41 Å². The van der Waals surface area contributed by atoms with Gasteiger partial charge in [0.2, 0.25) is 0 Å². The Labute approximate surface area is 115 Å². The molecule has 0 N–H and O–H groups in total. The summed E-state index contributed by atoms with van der Waals surface area (Å²) < 4.78 is 1.16. The first-order chi connectivity index (χ1) is 9.06. The Morgan fingerprint density at radius 2 is 1.58 bits per heavy atom. The molecule has 0 saturated carbocycles. The maximum atomic E-state index is 10.6. The fraction of sp³-hybridized carbons (Fsp3) is 0.600. The molecule has 0 radical (unpaired) electrons. The predicted molar refractivity (Wildman–Crippen MR) is 78.2 cm³/mol. The van der Waals surface area contributed by atoms with E-state index < -0.39 is 0 Å². The molecule has 1 rings (SSSR count). The molecule has 1 aromatic carbocycles. The Balaban J connectivity index is 2.51. The lowest BCUT2D eigenvalue weighted by Crippen LogP contribution is -2.48. The molecule has 0 aliphatic heterocycles. The van der Waals surface area contributed by atoms with Crippen LogP contribution in [0.2, 0.25) is 0 Å². The van der Waals surface area contributed by atoms with Crippen LogP contribution in [-0.2, 0) is 6.42 Å². The predicted octanol–water partition coefficient (Wildman–Crippen LogP) is 3.40. The van der Waals surface area contributed by atoms with Crippen molar-refractivity contribution in [3.05, 3.63) is 39.9 Å². The van der Waals surface area contributed by atoms with Gasteiger partial charge < -0.3 is 4.48 Å². The van der Waals surface area contributed by atoms with Crippen molar-refractivity contribution in [3.63, 3.8) is 0 Å². The van der Waals surface area contributed by atoms with Crippen LogP contribution in [0.15, 0.2) is 24.3 Å². The number of benzene rings is 1. The molecule has 0 unspecified atom stereocenters. The van der Waals surface area contributed by atoms with Gasteiger partial charge in [0.15, 0.2) is 0 Å². The summed E-state index contributed by atoms with van der Waals surface area (Å²) in [7, 11) is 0. The van der Waals surface area contributed by atoms with Gasteiger partial charge in [0.25, 0.3) is 5.69 Å². The summed E-state index contributed by atoms with van der Waals surface area (Å²) in [4.78, 5) is 10.2. The van der Waals surface area contributed by atoms with E-state index in [0.717, 1.165) is 17.3 Å². The molecule has 1 aromatic rings. The Hall–Kier alpha value is -1.42. The van der Waals surface area contributed by atoms with Crippen LogP contribution in [0.3, 0.4) is 0 Å². The maximum absolute atomic E-state index is 10.6. The van der Waals surface area contributed by atoms with E-state index in [1.165, 1.54) is 31.7 Å². The highest BCUT2D eigenvalue weighted by atomic mass is 16.6. The largest absolute Gasteiger partial charge is 0.324 e. The molecule has 4 heteroatoms. The molecule has 0 aromatic heterocycles. The molecule has 0 amide bonds. The topological polar surface area (TPSA) is 43.1 Å². The number of nitro groups is 1. The van der Waals surface area contributed by atoms with E-state index in [2.05, 4.69) is 20.8 Å². The van der Waals surface area contributed by atoms with E-state index in [1.54, 1.807) is 12.1 Å². The fourth-order valence-electron chi connectivity index (χ4n) is 2.55. The zero-order valence-corrected chi connectivity index (χ0v) is 12.3. The molecule has 0 spiro atoms. The minimum absolute atomic E-state index is 0.171. The third-order valence-electron chi connectivity index (χ3n) is 4.26. The van der Waals surface area contributed by atoms with Crippen LogP contribution < -0.4 is 0 Å². The number of hydrogen-bond donors (Lipinski definition) is 0. The van der Waals surface area contributed by atoms with Crippen molar-refractivity contribution in [2.45, 2.75) is 33.6 Å². The van der Waals surface area contributed by atoms with E-state index in [-0.39, 0.29) is 10.6 Å². The minimum Gasteiger partial charge on any atom is -0.324 e. The molecular formula is C15H25N2O2+. The molecule has 19 heavy (non-hydrogen) atoms. The number of hydrogen-bond acceptors (Lipinski definition) is 2. The first-order valence-electron chi connectivity index (χ1n) is 7.15. The number of nitro benzene ring substituents is 1. The van der Waals surface area contributed by atoms with Crippen molar-refractivity contribution in [1.82, 2.24) is 0 Å². The standard InChI is InChI=1S/C15H25N2O2/c1-4-17(5-2,6-3)13-7-8-14-9-11-15(12-10-14)16(18)19/h9-12H,4-8,13H2,1-3H3/q+1. The first kappa shape index (κ1) is 15.6. The molecule has 0 fully saturated rings. The normalized spacial score (nSPS) is 11.5. The number of rotatable bonds is 8. The Morgan fingerprint density at radius 3 is 2.00 bits per heavy atom. The molecular weight excluding hydrogens is 240 g/mol. The second-order valence-corrected chi connectivity index (χ2v) is 5.04. The van der Waals surface area contributed by atoms with Crippen molar-refractivity contribution in [1.29, 1.82) is 0 Å². The minimum atomic E-state index is -0.350. The van der Waals surface area contributed by atoms with E-state index >= 15 is 0 Å². The van der Waals surface area contributed by atoms with Gasteiger partial charge in [-0.25, -0.2) is 0 Å². The van der Waals surface area contributed by atoms with E-state index in [0.29, 0.717) is 0 Å². The van der Waals surface area contributed by atoms with Gasteiger partial charge in [-0.05, 0) is 32.8 Å². The van der Waals surface area contributed by atoms with Gasteiger partial charge in [-0.1, -0.05) is 12.1 Å². The van der Waals surface area contributed by atoms with Crippen molar-refractivity contribution >= 4 is 5.69 Å². The highest BCUT2D eigenvalue weighted by molar-refractivity contribution is 5.32. The molecule has 0 heterocycles. The number of non-ortho nitro benzene ring substituents is 1. The van der Waals surface area contributed by atoms with Crippen LogP contribution in [0.25, 0.3) is 0 Å². The lowest BCUT2D eigenvalue weighted by atomic mass is 10.1. The van der Waals surface area contributed by atoms with Crippen LogP contribution in [0.4, 0.5) is 5.69 Å². The third kappa shape index (κ3) is 4.31. The molecule has 0 atom stereocenters. The first-order valence-corrected chi connectivity index (χ1v) is 7.15. The second-order valence-electron chi connectivity index (χ2n) is 5.04. The monoisotopic (exact) mass is 265 g/mol. The molecule has 0 saturated heterocycles. The van der Waals surface area contributed by atoms with Crippen molar-refractivity contribution in [3.8, 4) is 0 Å². The summed E-state index contributed by atoms with van der Waals surface area (Å²) in [6.45, 7) is 11.4. The lowest BCUT2D eigenvalue weighted by Gasteiger charge is -2.35. The van der Waals surface area contributed by atoms with Crippen LogP contribution in [-0.4, -0.2) is 35.6 Å². The average Bonchev–Trinajstić information content (AvgIpc) is 2.45. The maximum Gasteiger partial charge on any atom is 0.269 e. The van der Waals surface area contributed by atoms with Crippen molar-refractivity contribution in [2.75, 3.05) is 26.2 Å². The summed E-state index contributed by atoms with van der Waals surface area (Å²) in [5.74, 6) is 0. The highest BCUT2D eigenvalue weighted by Gasteiger charge is 2.19. The number of nitrogens with zero attached hydrogens (tertiary/aromatic N) is 2. The summed E-state index contributed by atoms with van der Waals surface area (Å²) in [5.41, 5.74) is 1.36. The smallest absolute Gasteiger partial charge is 0.269 e. The van der Waals surface area contributed by atoms with E-state index in [1.807, 2.05) is 12.1 Å².